The molecular weight excluding hydrogens is 240 g/mol. The van der Waals surface area contributed by atoms with E-state index in [-0.39, 0.29) is 35.4 Å². The first-order chi connectivity index (χ1) is 9.13. The summed E-state index contributed by atoms with van der Waals surface area (Å²) in [6, 6.07) is 0. The molecule has 0 heterocycles. The van der Waals surface area contributed by atoms with E-state index in [0.29, 0.717) is 6.42 Å². The fourth-order valence-electron chi connectivity index (χ4n) is 4.21. The van der Waals surface area contributed by atoms with E-state index in [9.17, 15) is 9.90 Å². The van der Waals surface area contributed by atoms with Crippen molar-refractivity contribution in [1.82, 2.24) is 0 Å². The Morgan fingerprint density at radius 1 is 1.37 bits per heavy atom. The Bertz CT molecular complexity index is 381. The number of hydrogen-bond donors (Lipinski definition) is 1. The van der Waals surface area contributed by atoms with Crippen molar-refractivity contribution in [2.75, 3.05) is 0 Å². The van der Waals surface area contributed by atoms with Crippen LogP contribution in [0.5, 0.6) is 0 Å². The third kappa shape index (κ3) is 2.33. The fraction of sp³-hybridized carbons (Fsp3) is 0.812. The molecule has 1 N–H and O–H groups in total. The molecule has 0 saturated heterocycles. The maximum Gasteiger partial charge on any atom is 0.306 e. The van der Waals surface area contributed by atoms with E-state index in [1.807, 2.05) is 0 Å². The van der Waals surface area contributed by atoms with Crippen LogP contribution < -0.4 is 0 Å². The van der Waals surface area contributed by atoms with Gasteiger partial charge in [-0.25, -0.2) is 0 Å². The van der Waals surface area contributed by atoms with E-state index in [1.165, 1.54) is 12.8 Å². The summed E-state index contributed by atoms with van der Waals surface area (Å²) < 4.78 is 5.81. The van der Waals surface area contributed by atoms with Gasteiger partial charge in [-0.05, 0) is 44.4 Å². The molecule has 2 saturated carbocycles. The number of fused-ring (bicyclic) bond motifs is 2. The van der Waals surface area contributed by atoms with Crippen molar-refractivity contribution in [3.05, 3.63) is 12.2 Å². The number of rotatable bonds is 4. The molecule has 3 aliphatic carbocycles. The average Bonchev–Trinajstić information content (AvgIpc) is 3.06. The van der Waals surface area contributed by atoms with Gasteiger partial charge in [-0.15, -0.1) is 0 Å². The quantitative estimate of drug-likeness (QED) is 0.627. The predicted molar refractivity (Wildman–Crippen MR) is 72.4 cm³/mol. The van der Waals surface area contributed by atoms with Gasteiger partial charge in [0.1, 0.15) is 5.60 Å². The normalized spacial score (nSPS) is 38.8. The van der Waals surface area contributed by atoms with Crippen LogP contribution in [0.3, 0.4) is 0 Å². The summed E-state index contributed by atoms with van der Waals surface area (Å²) in [5.41, 5.74) is -0.177. The standard InChI is InChI=1S/C16H24O3/c1-2-16(7-3-4-8-16)19-14(17)10-12-9-11-5-6-13(12)15(11)18/h5-6,11-13,15,18H,2-4,7-10H2,1H3. The Morgan fingerprint density at radius 3 is 2.63 bits per heavy atom. The zero-order valence-corrected chi connectivity index (χ0v) is 11.7. The van der Waals surface area contributed by atoms with Crippen molar-refractivity contribution < 1.29 is 14.6 Å². The summed E-state index contributed by atoms with van der Waals surface area (Å²) in [7, 11) is 0. The van der Waals surface area contributed by atoms with Crippen LogP contribution in [0.2, 0.25) is 0 Å². The number of carbonyl (C=O) groups is 1. The van der Waals surface area contributed by atoms with Crippen LogP contribution >= 0.6 is 0 Å². The highest BCUT2D eigenvalue weighted by Gasteiger charge is 2.45. The molecule has 0 aromatic rings. The minimum Gasteiger partial charge on any atom is -0.459 e. The lowest BCUT2D eigenvalue weighted by Gasteiger charge is -2.29. The highest BCUT2D eigenvalue weighted by molar-refractivity contribution is 5.70. The van der Waals surface area contributed by atoms with Crippen molar-refractivity contribution in [3.8, 4) is 0 Å². The fourth-order valence-corrected chi connectivity index (χ4v) is 4.21. The van der Waals surface area contributed by atoms with Crippen LogP contribution in [-0.4, -0.2) is 22.8 Å². The molecule has 19 heavy (non-hydrogen) atoms. The van der Waals surface area contributed by atoms with Crippen LogP contribution in [0.15, 0.2) is 12.2 Å². The van der Waals surface area contributed by atoms with Gasteiger partial charge < -0.3 is 9.84 Å². The van der Waals surface area contributed by atoms with E-state index in [0.717, 1.165) is 25.7 Å². The van der Waals surface area contributed by atoms with E-state index in [1.54, 1.807) is 0 Å². The first-order valence-electron chi connectivity index (χ1n) is 7.72. The number of esters is 1. The Balaban J connectivity index is 1.56. The van der Waals surface area contributed by atoms with Gasteiger partial charge in [-0.1, -0.05) is 19.1 Å². The third-order valence-electron chi connectivity index (χ3n) is 5.45. The van der Waals surface area contributed by atoms with Crippen molar-refractivity contribution in [2.45, 2.75) is 63.6 Å². The first-order valence-corrected chi connectivity index (χ1v) is 7.72. The predicted octanol–water partition coefficient (Wildman–Crippen LogP) is 2.83. The smallest absolute Gasteiger partial charge is 0.306 e. The molecule has 0 aromatic carbocycles. The van der Waals surface area contributed by atoms with Crippen LogP contribution in [0.25, 0.3) is 0 Å². The summed E-state index contributed by atoms with van der Waals surface area (Å²) in [5, 5.41) is 9.98. The van der Waals surface area contributed by atoms with Crippen LogP contribution in [0, 0.1) is 17.8 Å². The summed E-state index contributed by atoms with van der Waals surface area (Å²) >= 11 is 0. The number of hydrogen-bond acceptors (Lipinski definition) is 3. The molecule has 0 spiro atoms. The molecule has 2 fully saturated rings. The molecule has 2 bridgehead atoms. The van der Waals surface area contributed by atoms with E-state index >= 15 is 0 Å². The van der Waals surface area contributed by atoms with Crippen molar-refractivity contribution >= 4 is 5.97 Å². The van der Waals surface area contributed by atoms with Gasteiger partial charge in [0, 0.05) is 18.3 Å². The largest absolute Gasteiger partial charge is 0.459 e. The second-order valence-electron chi connectivity index (χ2n) is 6.53. The van der Waals surface area contributed by atoms with E-state index in [2.05, 4.69) is 19.1 Å². The van der Waals surface area contributed by atoms with Gasteiger partial charge in [-0.3, -0.25) is 4.79 Å². The highest BCUT2D eigenvalue weighted by Crippen LogP contribution is 2.45. The summed E-state index contributed by atoms with van der Waals surface area (Å²) in [6.07, 6.45) is 10.7. The van der Waals surface area contributed by atoms with E-state index in [4.69, 9.17) is 4.74 Å². The maximum atomic E-state index is 12.2. The molecule has 4 unspecified atom stereocenters. The molecule has 0 aromatic heterocycles. The minimum atomic E-state index is -0.260. The Labute approximate surface area is 115 Å². The van der Waals surface area contributed by atoms with Gasteiger partial charge in [0.25, 0.3) is 0 Å². The summed E-state index contributed by atoms with van der Waals surface area (Å²) in [4.78, 5) is 12.2. The lowest BCUT2D eigenvalue weighted by atomic mass is 9.90. The monoisotopic (exact) mass is 264 g/mol. The van der Waals surface area contributed by atoms with Gasteiger partial charge in [0.15, 0.2) is 0 Å². The van der Waals surface area contributed by atoms with Crippen molar-refractivity contribution in [2.24, 2.45) is 17.8 Å². The first kappa shape index (κ1) is 13.2. The summed E-state index contributed by atoms with van der Waals surface area (Å²) in [5.74, 6) is 0.683. The molecule has 0 radical (unpaired) electrons. The lowest BCUT2D eigenvalue weighted by Crippen LogP contribution is -2.32. The third-order valence-corrected chi connectivity index (χ3v) is 5.45. The maximum absolute atomic E-state index is 12.2. The molecule has 3 aliphatic rings. The molecule has 0 amide bonds. The molecule has 106 valence electrons. The molecule has 3 nitrogen and oxygen atoms in total. The Hall–Kier alpha value is -0.830. The average molecular weight is 264 g/mol. The number of aliphatic hydroxyl groups is 1. The molecule has 3 rings (SSSR count). The molecule has 3 heteroatoms. The van der Waals surface area contributed by atoms with Crippen LogP contribution in [-0.2, 0) is 9.53 Å². The summed E-state index contributed by atoms with van der Waals surface area (Å²) in [6.45, 7) is 2.11. The van der Waals surface area contributed by atoms with Crippen LogP contribution in [0.4, 0.5) is 0 Å². The zero-order valence-electron chi connectivity index (χ0n) is 11.7. The second-order valence-corrected chi connectivity index (χ2v) is 6.53. The highest BCUT2D eigenvalue weighted by atomic mass is 16.6. The number of carbonyl (C=O) groups excluding carboxylic acids is 1. The van der Waals surface area contributed by atoms with E-state index < -0.39 is 0 Å². The Kier molecular flexibility index (Phi) is 3.42. The number of ether oxygens (including phenoxy) is 1. The number of aliphatic hydroxyl groups excluding tert-OH is 1. The van der Waals surface area contributed by atoms with Crippen molar-refractivity contribution in [1.29, 1.82) is 0 Å². The lowest BCUT2D eigenvalue weighted by molar-refractivity contribution is -0.161. The molecule has 0 aliphatic heterocycles. The zero-order chi connectivity index (χ0) is 13.5. The Morgan fingerprint density at radius 2 is 2.11 bits per heavy atom. The molecular formula is C16H24O3. The molecule has 4 atom stereocenters. The SMILES string of the molecule is CCC1(OC(=O)CC2CC3C=CC2C3O)CCCC1. The van der Waals surface area contributed by atoms with Gasteiger partial charge >= 0.3 is 5.97 Å². The van der Waals surface area contributed by atoms with Crippen molar-refractivity contribution in [3.63, 3.8) is 0 Å². The van der Waals surface area contributed by atoms with Gasteiger partial charge in [0.05, 0.1) is 6.10 Å². The topological polar surface area (TPSA) is 46.5 Å². The second kappa shape index (κ2) is 4.93. The minimum absolute atomic E-state index is 0.0538. The van der Waals surface area contributed by atoms with Gasteiger partial charge in [0.2, 0.25) is 0 Å². The van der Waals surface area contributed by atoms with Gasteiger partial charge in [-0.2, -0.15) is 0 Å². The van der Waals surface area contributed by atoms with Crippen LogP contribution in [0.1, 0.15) is 51.9 Å².